The van der Waals surface area contributed by atoms with Crippen LogP contribution in [0, 0.1) is 26.7 Å². The van der Waals surface area contributed by atoms with E-state index in [2.05, 4.69) is 61.4 Å². The summed E-state index contributed by atoms with van der Waals surface area (Å²) in [6.45, 7) is 16.5. The van der Waals surface area contributed by atoms with Crippen LogP contribution in [0.1, 0.15) is 76.8 Å². The van der Waals surface area contributed by atoms with Gasteiger partial charge in [-0.15, -0.1) is 0 Å². The molecule has 0 saturated heterocycles. The summed E-state index contributed by atoms with van der Waals surface area (Å²) in [5.74, 6) is -0.618. The second-order valence-electron chi connectivity index (χ2n) is 10.2. The van der Waals surface area contributed by atoms with Crippen molar-refractivity contribution in [1.29, 1.82) is 0 Å². The van der Waals surface area contributed by atoms with Crippen molar-refractivity contribution in [3.05, 3.63) is 72.7 Å². The number of H-pyrrole nitrogens is 3. The molecule has 5 rings (SSSR count). The second-order valence-corrected chi connectivity index (χ2v) is 10.2. The lowest BCUT2D eigenvalue weighted by Crippen LogP contribution is -2.21. The van der Waals surface area contributed by atoms with E-state index < -0.39 is 5.97 Å². The molecule has 0 saturated carbocycles. The molecule has 0 spiro atoms. The highest BCUT2D eigenvalue weighted by atomic mass is 16.4. The number of fused-ring (bicyclic) bond motifs is 7. The van der Waals surface area contributed by atoms with Gasteiger partial charge in [0.15, 0.2) is 0 Å². The van der Waals surface area contributed by atoms with Crippen molar-refractivity contribution in [2.24, 2.45) is 10.9 Å². The highest BCUT2D eigenvalue weighted by Gasteiger charge is 2.27. The first kappa shape index (κ1) is 23.9. The number of rotatable bonds is 3. The topological polar surface area (TPSA) is 97.0 Å². The largest absolute Gasteiger partial charge is 0.478 e. The van der Waals surface area contributed by atoms with Crippen molar-refractivity contribution >= 4 is 41.6 Å². The van der Waals surface area contributed by atoms with Crippen LogP contribution in [0.5, 0.6) is 0 Å². The zero-order chi connectivity index (χ0) is 25.9. The molecule has 3 aromatic rings. The Morgan fingerprint density at radius 3 is 2.44 bits per heavy atom. The Balaban J connectivity index is 1.95. The SMILES string of the molecule is C=Cc1c(C)/c2[nH]/c1=C\c1[nH]c(c(CC)c1C)/C=c1\[nH]c(c(C(=O)O)c1C)=C(C)C1=NC(/C=2)[C@@H](C)C1. The van der Waals surface area contributed by atoms with Gasteiger partial charge < -0.3 is 20.1 Å². The summed E-state index contributed by atoms with van der Waals surface area (Å²) in [5, 5.41) is 13.6. The molecule has 6 nitrogen and oxygen atoms in total. The first-order valence-corrected chi connectivity index (χ1v) is 12.6. The Labute approximate surface area is 210 Å². The quantitative estimate of drug-likeness (QED) is 0.462. The minimum absolute atomic E-state index is 0.00612. The molecule has 1 unspecified atom stereocenters. The lowest BCUT2D eigenvalue weighted by atomic mass is 9.97. The molecule has 2 atom stereocenters. The number of nitrogens with one attached hydrogen (secondary N) is 3. The number of carboxylic acids is 1. The zero-order valence-corrected chi connectivity index (χ0v) is 21.9. The van der Waals surface area contributed by atoms with Gasteiger partial charge in [0.1, 0.15) is 0 Å². The summed E-state index contributed by atoms with van der Waals surface area (Å²) in [5.41, 5.74) is 9.56. The van der Waals surface area contributed by atoms with E-state index in [9.17, 15) is 9.90 Å². The Bertz CT molecular complexity index is 1700. The summed E-state index contributed by atoms with van der Waals surface area (Å²) in [7, 11) is 0. The lowest BCUT2D eigenvalue weighted by Gasteiger charge is -2.07. The first-order chi connectivity index (χ1) is 17.1. The van der Waals surface area contributed by atoms with Gasteiger partial charge >= 0.3 is 5.97 Å². The van der Waals surface area contributed by atoms with Crippen molar-refractivity contribution in [3.8, 4) is 0 Å². The van der Waals surface area contributed by atoms with Crippen LogP contribution in [0.4, 0.5) is 0 Å². The third-order valence-corrected chi connectivity index (χ3v) is 8.00. The minimum Gasteiger partial charge on any atom is -0.478 e. The number of aromatic nitrogens is 3. The highest BCUT2D eigenvalue weighted by molar-refractivity contribution is 6.19. The lowest BCUT2D eigenvalue weighted by molar-refractivity contribution is 0.0695. The van der Waals surface area contributed by atoms with Crippen LogP contribution in [0.15, 0.2) is 11.6 Å². The fourth-order valence-electron chi connectivity index (χ4n) is 5.75. The van der Waals surface area contributed by atoms with Crippen LogP contribution >= 0.6 is 0 Å². The predicted octanol–water partition coefficient (Wildman–Crippen LogP) is 2.97. The monoisotopic (exact) mass is 482 g/mol. The predicted molar refractivity (Wildman–Crippen MR) is 147 cm³/mol. The normalized spacial score (nSPS) is 21.7. The van der Waals surface area contributed by atoms with Crippen LogP contribution in [0.25, 0.3) is 29.9 Å². The van der Waals surface area contributed by atoms with Crippen molar-refractivity contribution in [1.82, 2.24) is 15.0 Å². The summed E-state index contributed by atoms with van der Waals surface area (Å²) < 4.78 is 0. The molecule has 0 aromatic carbocycles. The molecule has 2 aliphatic heterocycles. The van der Waals surface area contributed by atoms with Gasteiger partial charge in [0, 0.05) is 38.7 Å². The summed E-state index contributed by atoms with van der Waals surface area (Å²) in [6, 6.07) is 0.00612. The van der Waals surface area contributed by atoms with Gasteiger partial charge in [-0.3, -0.25) is 4.99 Å². The molecule has 36 heavy (non-hydrogen) atoms. The van der Waals surface area contributed by atoms with E-state index >= 15 is 0 Å². The molecule has 186 valence electrons. The minimum atomic E-state index is -0.927. The van der Waals surface area contributed by atoms with Crippen molar-refractivity contribution in [3.63, 3.8) is 0 Å². The van der Waals surface area contributed by atoms with Crippen LogP contribution in [0.2, 0.25) is 0 Å². The average molecular weight is 483 g/mol. The van der Waals surface area contributed by atoms with Crippen LogP contribution in [-0.4, -0.2) is 37.8 Å². The Kier molecular flexibility index (Phi) is 5.78. The average Bonchev–Trinajstić information content (AvgIpc) is 3.53. The maximum atomic E-state index is 12.3. The summed E-state index contributed by atoms with van der Waals surface area (Å²) >= 11 is 0. The highest BCUT2D eigenvalue weighted by Crippen LogP contribution is 2.26. The summed E-state index contributed by atoms with van der Waals surface area (Å²) in [4.78, 5) is 28.1. The van der Waals surface area contributed by atoms with Crippen LogP contribution in [-0.2, 0) is 6.42 Å². The van der Waals surface area contributed by atoms with Gasteiger partial charge in [0.05, 0.1) is 17.0 Å². The van der Waals surface area contributed by atoms with E-state index in [1.165, 1.54) is 11.1 Å². The maximum absolute atomic E-state index is 12.3. The third kappa shape index (κ3) is 3.63. The molecule has 6 heteroatoms. The molecule has 0 aliphatic carbocycles. The Hall–Kier alpha value is -3.80. The van der Waals surface area contributed by atoms with E-state index in [-0.39, 0.29) is 6.04 Å². The fourth-order valence-corrected chi connectivity index (χ4v) is 5.75. The second kappa shape index (κ2) is 8.70. The third-order valence-electron chi connectivity index (χ3n) is 8.00. The number of carboxylic acid groups (broad SMARTS) is 1. The van der Waals surface area contributed by atoms with Crippen molar-refractivity contribution < 1.29 is 9.90 Å². The van der Waals surface area contributed by atoms with Crippen molar-refractivity contribution in [2.45, 2.75) is 60.4 Å². The molecule has 0 radical (unpaired) electrons. The Morgan fingerprint density at radius 2 is 1.78 bits per heavy atom. The van der Waals surface area contributed by atoms with Gasteiger partial charge in [-0.2, -0.15) is 0 Å². The molecule has 5 heterocycles. The van der Waals surface area contributed by atoms with E-state index in [4.69, 9.17) is 4.99 Å². The zero-order valence-electron chi connectivity index (χ0n) is 21.9. The number of aliphatic imine (C=N–C) groups is 1. The number of aromatic carboxylic acids is 1. The van der Waals surface area contributed by atoms with Gasteiger partial charge in [-0.25, -0.2) is 4.79 Å². The molecular formula is C30H34N4O2. The summed E-state index contributed by atoms with van der Waals surface area (Å²) in [6.07, 6.45) is 9.98. The van der Waals surface area contributed by atoms with E-state index in [1.807, 2.05) is 26.0 Å². The molecular weight excluding hydrogens is 448 g/mol. The van der Waals surface area contributed by atoms with Gasteiger partial charge in [0.25, 0.3) is 0 Å². The number of carbonyl (C=O) groups is 1. The van der Waals surface area contributed by atoms with Gasteiger partial charge in [0.2, 0.25) is 0 Å². The van der Waals surface area contributed by atoms with E-state index in [0.29, 0.717) is 16.8 Å². The van der Waals surface area contributed by atoms with Crippen LogP contribution in [0.3, 0.4) is 0 Å². The van der Waals surface area contributed by atoms with Crippen LogP contribution < -0.4 is 21.4 Å². The standard InChI is InChI=1S/C30H34N4O2/c1-8-19-15(4)23-11-21-14(3)10-22(31-21)18(7)29-28(30(35)36)17(6)25(34-29)13-27-20(9-2)16(5)24(33-27)12-26(19)32-23/h8,11-14,21,32-34H,1,9-10H2,2-7H3,(H,35,36)/b23-11+,25-13-,26-12-,29-18?/t14-,21?/m0/s1. The number of aromatic amines is 3. The van der Waals surface area contributed by atoms with E-state index in [0.717, 1.165) is 68.3 Å². The molecule has 0 amide bonds. The molecule has 4 N–H and O–H groups in total. The maximum Gasteiger partial charge on any atom is 0.338 e. The van der Waals surface area contributed by atoms with Gasteiger partial charge in [-0.05, 0) is 92.5 Å². The molecule has 0 fully saturated rings. The number of nitrogens with zero attached hydrogens (tertiary/aromatic N) is 1. The molecule has 3 aromatic heterocycles. The Morgan fingerprint density at radius 1 is 1.06 bits per heavy atom. The molecule has 2 aliphatic rings. The number of hydrogen-bond donors (Lipinski definition) is 4. The number of hydrogen-bond acceptors (Lipinski definition) is 2. The fraction of sp³-hybridized carbons (Fsp3) is 0.333. The smallest absolute Gasteiger partial charge is 0.338 e. The first-order valence-electron chi connectivity index (χ1n) is 12.6. The molecule has 8 bridgehead atoms. The van der Waals surface area contributed by atoms with Crippen molar-refractivity contribution in [2.75, 3.05) is 0 Å². The van der Waals surface area contributed by atoms with E-state index in [1.54, 1.807) is 0 Å². The van der Waals surface area contributed by atoms with Gasteiger partial charge in [-0.1, -0.05) is 26.5 Å².